The fraction of sp³-hybridized carbons (Fsp3) is 0.583. The van der Waals surface area contributed by atoms with E-state index in [9.17, 15) is 9.59 Å². The first-order chi connectivity index (χ1) is 9.11. The van der Waals surface area contributed by atoms with Crippen molar-refractivity contribution in [2.75, 3.05) is 6.54 Å². The van der Waals surface area contributed by atoms with Gasteiger partial charge in [0, 0.05) is 31.5 Å². The number of aliphatic carboxylic acids is 1. The molecule has 1 heterocycles. The summed E-state index contributed by atoms with van der Waals surface area (Å²) in [6.07, 6.45) is 4.87. The Hall–Kier alpha value is -2.05. The minimum atomic E-state index is -0.911. The highest BCUT2D eigenvalue weighted by Gasteiger charge is 2.13. The molecule has 3 N–H and O–H groups in total. The molecule has 0 fully saturated rings. The van der Waals surface area contributed by atoms with Crippen molar-refractivity contribution in [1.82, 2.24) is 20.4 Å². The number of hydrogen-bond donors (Lipinski definition) is 3. The average molecular weight is 268 g/mol. The third-order valence-corrected chi connectivity index (χ3v) is 2.66. The standard InChI is InChI=1S/C12H20N4O3/c1-2-10(9-11(17)18)15-12(19)13-5-3-7-16-8-4-6-14-16/h4,6,8,10H,2-3,5,7,9H2,1H3,(H,17,18)(H2,13,15,19). The number of amides is 2. The summed E-state index contributed by atoms with van der Waals surface area (Å²) in [6.45, 7) is 3.10. The summed E-state index contributed by atoms with van der Waals surface area (Å²) in [4.78, 5) is 22.1. The molecular weight excluding hydrogens is 248 g/mol. The molecule has 0 saturated heterocycles. The molecule has 1 aromatic heterocycles. The fourth-order valence-electron chi connectivity index (χ4n) is 1.62. The van der Waals surface area contributed by atoms with Crippen molar-refractivity contribution in [2.24, 2.45) is 0 Å². The summed E-state index contributed by atoms with van der Waals surface area (Å²) in [5.41, 5.74) is 0. The number of rotatable bonds is 8. The van der Waals surface area contributed by atoms with Gasteiger partial charge in [-0.1, -0.05) is 6.92 Å². The van der Waals surface area contributed by atoms with Crippen LogP contribution in [0.4, 0.5) is 4.79 Å². The van der Waals surface area contributed by atoms with Crippen molar-refractivity contribution >= 4 is 12.0 Å². The van der Waals surface area contributed by atoms with E-state index in [1.807, 2.05) is 19.2 Å². The molecular formula is C12H20N4O3. The smallest absolute Gasteiger partial charge is 0.315 e. The van der Waals surface area contributed by atoms with Crippen LogP contribution in [0.1, 0.15) is 26.2 Å². The van der Waals surface area contributed by atoms with E-state index in [0.717, 1.165) is 13.0 Å². The second-order valence-corrected chi connectivity index (χ2v) is 4.23. The van der Waals surface area contributed by atoms with E-state index in [1.165, 1.54) is 0 Å². The lowest BCUT2D eigenvalue weighted by Crippen LogP contribution is -2.43. The van der Waals surface area contributed by atoms with Crippen molar-refractivity contribution in [3.8, 4) is 0 Å². The number of aryl methyl sites for hydroxylation is 1. The lowest BCUT2D eigenvalue weighted by atomic mass is 10.1. The highest BCUT2D eigenvalue weighted by atomic mass is 16.4. The van der Waals surface area contributed by atoms with Crippen molar-refractivity contribution in [1.29, 1.82) is 0 Å². The number of urea groups is 1. The topological polar surface area (TPSA) is 96.3 Å². The maximum Gasteiger partial charge on any atom is 0.315 e. The SMILES string of the molecule is CCC(CC(=O)O)NC(=O)NCCCn1cccn1. The molecule has 0 saturated carbocycles. The predicted octanol–water partition coefficient (Wildman–Crippen LogP) is 0.826. The van der Waals surface area contributed by atoms with Gasteiger partial charge in [0.15, 0.2) is 0 Å². The van der Waals surface area contributed by atoms with Gasteiger partial charge in [-0.25, -0.2) is 4.79 Å². The first kappa shape index (κ1) is 15.0. The van der Waals surface area contributed by atoms with Crippen LogP contribution in [-0.2, 0) is 11.3 Å². The van der Waals surface area contributed by atoms with Gasteiger partial charge < -0.3 is 15.7 Å². The van der Waals surface area contributed by atoms with Gasteiger partial charge in [-0.15, -0.1) is 0 Å². The van der Waals surface area contributed by atoms with Gasteiger partial charge in [-0.3, -0.25) is 9.48 Å². The highest BCUT2D eigenvalue weighted by Crippen LogP contribution is 1.97. The normalized spacial score (nSPS) is 11.8. The zero-order valence-corrected chi connectivity index (χ0v) is 11.0. The second kappa shape index (κ2) is 8.12. The van der Waals surface area contributed by atoms with E-state index >= 15 is 0 Å². The van der Waals surface area contributed by atoms with Crippen LogP contribution in [0, 0.1) is 0 Å². The van der Waals surface area contributed by atoms with Gasteiger partial charge in [-0.2, -0.15) is 5.10 Å². The Balaban J connectivity index is 2.14. The maximum atomic E-state index is 11.5. The number of aromatic nitrogens is 2. The third kappa shape index (κ3) is 6.44. The van der Waals surface area contributed by atoms with Crippen molar-refractivity contribution in [3.63, 3.8) is 0 Å². The Morgan fingerprint density at radius 1 is 1.47 bits per heavy atom. The van der Waals surface area contributed by atoms with Crippen LogP contribution in [0.3, 0.4) is 0 Å². The summed E-state index contributed by atoms with van der Waals surface area (Å²) in [7, 11) is 0. The van der Waals surface area contributed by atoms with Crippen LogP contribution >= 0.6 is 0 Å². The quantitative estimate of drug-likeness (QED) is 0.608. The molecule has 7 heteroatoms. The van der Waals surface area contributed by atoms with Gasteiger partial charge in [0.2, 0.25) is 0 Å². The van der Waals surface area contributed by atoms with Crippen LogP contribution < -0.4 is 10.6 Å². The summed E-state index contributed by atoms with van der Waals surface area (Å²) in [6, 6.07) is 1.19. The molecule has 19 heavy (non-hydrogen) atoms. The summed E-state index contributed by atoms with van der Waals surface area (Å²) < 4.78 is 1.79. The van der Waals surface area contributed by atoms with Crippen LogP contribution in [-0.4, -0.2) is 39.5 Å². The Morgan fingerprint density at radius 3 is 2.84 bits per heavy atom. The number of nitrogens with one attached hydrogen (secondary N) is 2. The molecule has 0 bridgehead atoms. The number of carboxylic acid groups (broad SMARTS) is 1. The first-order valence-electron chi connectivity index (χ1n) is 6.35. The highest BCUT2D eigenvalue weighted by molar-refractivity contribution is 5.75. The first-order valence-corrected chi connectivity index (χ1v) is 6.35. The molecule has 0 radical (unpaired) electrons. The van der Waals surface area contributed by atoms with Crippen LogP contribution in [0.15, 0.2) is 18.5 Å². The number of hydrogen-bond acceptors (Lipinski definition) is 3. The van der Waals surface area contributed by atoms with E-state index in [1.54, 1.807) is 10.9 Å². The lowest BCUT2D eigenvalue weighted by Gasteiger charge is -2.15. The molecule has 0 aliphatic carbocycles. The molecule has 1 unspecified atom stereocenters. The van der Waals surface area contributed by atoms with Gasteiger partial charge >= 0.3 is 12.0 Å². The Kier molecular flexibility index (Phi) is 6.42. The monoisotopic (exact) mass is 268 g/mol. The molecule has 2 amide bonds. The third-order valence-electron chi connectivity index (χ3n) is 2.66. The summed E-state index contributed by atoms with van der Waals surface area (Å²) in [5.74, 6) is -0.911. The molecule has 0 aromatic carbocycles. The molecule has 7 nitrogen and oxygen atoms in total. The molecule has 1 atom stereocenters. The van der Waals surface area contributed by atoms with Crippen LogP contribution in [0.2, 0.25) is 0 Å². The van der Waals surface area contributed by atoms with Crippen molar-refractivity contribution < 1.29 is 14.7 Å². The minimum Gasteiger partial charge on any atom is -0.481 e. The van der Waals surface area contributed by atoms with Gasteiger partial charge in [0.05, 0.1) is 6.42 Å². The fourth-order valence-corrected chi connectivity index (χ4v) is 1.62. The predicted molar refractivity (Wildman–Crippen MR) is 69.7 cm³/mol. The van der Waals surface area contributed by atoms with Gasteiger partial charge in [-0.05, 0) is 18.9 Å². The van der Waals surface area contributed by atoms with E-state index in [-0.39, 0.29) is 18.5 Å². The maximum absolute atomic E-state index is 11.5. The van der Waals surface area contributed by atoms with Crippen LogP contribution in [0.5, 0.6) is 0 Å². The van der Waals surface area contributed by atoms with E-state index in [2.05, 4.69) is 15.7 Å². The largest absolute Gasteiger partial charge is 0.481 e. The molecule has 1 aromatic rings. The molecule has 1 rings (SSSR count). The zero-order chi connectivity index (χ0) is 14.1. The molecule has 0 aliphatic rings. The van der Waals surface area contributed by atoms with E-state index in [4.69, 9.17) is 5.11 Å². The Labute approximate surface area is 112 Å². The van der Waals surface area contributed by atoms with Crippen LogP contribution in [0.25, 0.3) is 0 Å². The molecule has 106 valence electrons. The summed E-state index contributed by atoms with van der Waals surface area (Å²) >= 11 is 0. The minimum absolute atomic E-state index is 0.0583. The average Bonchev–Trinajstić information content (AvgIpc) is 2.86. The number of nitrogens with zero attached hydrogens (tertiary/aromatic N) is 2. The number of carboxylic acids is 1. The van der Waals surface area contributed by atoms with Crippen molar-refractivity contribution in [2.45, 2.75) is 38.8 Å². The van der Waals surface area contributed by atoms with Gasteiger partial charge in [0.25, 0.3) is 0 Å². The summed E-state index contributed by atoms with van der Waals surface area (Å²) in [5, 5.41) is 18.1. The van der Waals surface area contributed by atoms with E-state index < -0.39 is 5.97 Å². The Bertz CT molecular complexity index is 392. The molecule has 0 aliphatic heterocycles. The lowest BCUT2D eigenvalue weighted by molar-refractivity contribution is -0.137. The van der Waals surface area contributed by atoms with Gasteiger partial charge in [0.1, 0.15) is 0 Å². The number of carbonyl (C=O) groups excluding carboxylic acids is 1. The Morgan fingerprint density at radius 2 is 2.26 bits per heavy atom. The zero-order valence-electron chi connectivity index (χ0n) is 11.0. The number of carbonyl (C=O) groups is 2. The molecule has 0 spiro atoms. The van der Waals surface area contributed by atoms with E-state index in [0.29, 0.717) is 13.0 Å². The van der Waals surface area contributed by atoms with Crippen molar-refractivity contribution in [3.05, 3.63) is 18.5 Å². The second-order valence-electron chi connectivity index (χ2n) is 4.23.